The van der Waals surface area contributed by atoms with Crippen molar-refractivity contribution in [2.24, 2.45) is 0 Å². The molecule has 2 aromatic rings. The summed E-state index contributed by atoms with van der Waals surface area (Å²) in [5.41, 5.74) is 2.50. The van der Waals surface area contributed by atoms with Crippen molar-refractivity contribution in [1.82, 2.24) is 10.2 Å². The molecule has 1 aromatic carbocycles. The molecule has 2 rings (SSSR count). The molecule has 94 valence electrons. The fraction of sp³-hybridized carbons (Fsp3) is 0.167. The Morgan fingerprint density at radius 2 is 2.17 bits per heavy atom. The van der Waals surface area contributed by atoms with Crippen molar-refractivity contribution in [2.75, 3.05) is 5.32 Å². The van der Waals surface area contributed by atoms with E-state index in [1.807, 2.05) is 32.0 Å². The van der Waals surface area contributed by atoms with Crippen molar-refractivity contribution < 1.29 is 4.79 Å². The zero-order chi connectivity index (χ0) is 13.3. The standard InChI is InChI=1S/C12H11BrIN3O/c1-6-7(2)16-17-11(6)15-12(18)9-5-8(14)3-4-10(9)13/h3-5H,1-2H3,(H2,15,16,17,18). The number of nitrogens with zero attached hydrogens (tertiary/aromatic N) is 1. The highest BCUT2D eigenvalue weighted by atomic mass is 127. The van der Waals surface area contributed by atoms with Crippen molar-refractivity contribution in [1.29, 1.82) is 0 Å². The Bertz CT molecular complexity index is 609. The Morgan fingerprint density at radius 3 is 2.78 bits per heavy atom. The van der Waals surface area contributed by atoms with Gasteiger partial charge in [0.25, 0.3) is 5.91 Å². The summed E-state index contributed by atoms with van der Waals surface area (Å²) >= 11 is 5.55. The molecule has 0 unspecified atom stereocenters. The van der Waals surface area contributed by atoms with Gasteiger partial charge in [-0.3, -0.25) is 9.89 Å². The van der Waals surface area contributed by atoms with Gasteiger partial charge >= 0.3 is 0 Å². The maximum absolute atomic E-state index is 12.2. The van der Waals surface area contributed by atoms with Gasteiger partial charge in [-0.15, -0.1) is 0 Å². The summed E-state index contributed by atoms with van der Waals surface area (Å²) in [5, 5.41) is 9.70. The molecular weight excluding hydrogens is 409 g/mol. The van der Waals surface area contributed by atoms with E-state index in [9.17, 15) is 4.79 Å². The molecule has 1 amide bonds. The molecule has 0 saturated heterocycles. The monoisotopic (exact) mass is 419 g/mol. The molecule has 0 radical (unpaired) electrons. The molecule has 0 fully saturated rings. The quantitative estimate of drug-likeness (QED) is 0.730. The van der Waals surface area contributed by atoms with E-state index >= 15 is 0 Å². The predicted molar refractivity (Wildman–Crippen MR) is 82.9 cm³/mol. The molecule has 0 aliphatic carbocycles. The normalized spacial score (nSPS) is 10.4. The number of aryl methyl sites for hydroxylation is 1. The van der Waals surface area contributed by atoms with Gasteiger partial charge < -0.3 is 5.32 Å². The van der Waals surface area contributed by atoms with Crippen LogP contribution in [0.1, 0.15) is 21.6 Å². The van der Waals surface area contributed by atoms with Crippen LogP contribution in [-0.2, 0) is 0 Å². The van der Waals surface area contributed by atoms with E-state index in [0.29, 0.717) is 11.4 Å². The molecule has 1 aromatic heterocycles. The van der Waals surface area contributed by atoms with Crippen LogP contribution in [0.5, 0.6) is 0 Å². The van der Waals surface area contributed by atoms with Gasteiger partial charge in [-0.05, 0) is 70.6 Å². The van der Waals surface area contributed by atoms with Crippen LogP contribution in [0.4, 0.5) is 5.82 Å². The lowest BCUT2D eigenvalue weighted by Gasteiger charge is -2.06. The second kappa shape index (κ2) is 5.40. The highest BCUT2D eigenvalue weighted by Gasteiger charge is 2.14. The van der Waals surface area contributed by atoms with Gasteiger partial charge in [0.05, 0.1) is 5.56 Å². The number of H-pyrrole nitrogens is 1. The summed E-state index contributed by atoms with van der Waals surface area (Å²) in [4.78, 5) is 12.2. The summed E-state index contributed by atoms with van der Waals surface area (Å²) in [6.45, 7) is 3.83. The Hall–Kier alpha value is -0.890. The van der Waals surface area contributed by atoms with Crippen LogP contribution in [0.15, 0.2) is 22.7 Å². The lowest BCUT2D eigenvalue weighted by atomic mass is 10.2. The van der Waals surface area contributed by atoms with E-state index < -0.39 is 0 Å². The van der Waals surface area contributed by atoms with Gasteiger partial charge in [0, 0.05) is 19.3 Å². The van der Waals surface area contributed by atoms with E-state index in [-0.39, 0.29) is 5.91 Å². The van der Waals surface area contributed by atoms with Gasteiger partial charge in [0.2, 0.25) is 0 Å². The average Bonchev–Trinajstić information content (AvgIpc) is 2.64. The van der Waals surface area contributed by atoms with Gasteiger partial charge in [-0.2, -0.15) is 5.10 Å². The third kappa shape index (κ3) is 2.74. The van der Waals surface area contributed by atoms with Crippen LogP contribution in [0.25, 0.3) is 0 Å². The summed E-state index contributed by atoms with van der Waals surface area (Å²) < 4.78 is 1.78. The molecule has 0 aliphatic rings. The second-order valence-corrected chi connectivity index (χ2v) is 6.00. The Balaban J connectivity index is 2.27. The first-order valence-corrected chi connectivity index (χ1v) is 7.14. The molecule has 6 heteroatoms. The number of carbonyl (C=O) groups is 1. The van der Waals surface area contributed by atoms with Crippen molar-refractivity contribution in [2.45, 2.75) is 13.8 Å². The summed E-state index contributed by atoms with van der Waals surface area (Å²) in [6, 6.07) is 5.62. The van der Waals surface area contributed by atoms with Gasteiger partial charge in [0.1, 0.15) is 0 Å². The minimum absolute atomic E-state index is 0.171. The fourth-order valence-electron chi connectivity index (χ4n) is 1.45. The number of benzene rings is 1. The van der Waals surface area contributed by atoms with Crippen LogP contribution < -0.4 is 5.32 Å². The van der Waals surface area contributed by atoms with E-state index in [4.69, 9.17) is 0 Å². The highest BCUT2D eigenvalue weighted by Crippen LogP contribution is 2.21. The number of hydrogen-bond donors (Lipinski definition) is 2. The second-order valence-electron chi connectivity index (χ2n) is 3.90. The lowest BCUT2D eigenvalue weighted by molar-refractivity contribution is 0.102. The molecule has 0 bridgehead atoms. The molecule has 0 spiro atoms. The number of aromatic amines is 1. The summed E-state index contributed by atoms with van der Waals surface area (Å²) in [6.07, 6.45) is 0. The van der Waals surface area contributed by atoms with Crippen molar-refractivity contribution in [3.63, 3.8) is 0 Å². The molecule has 18 heavy (non-hydrogen) atoms. The number of nitrogens with one attached hydrogen (secondary N) is 2. The van der Waals surface area contributed by atoms with Crippen LogP contribution >= 0.6 is 38.5 Å². The minimum Gasteiger partial charge on any atom is -0.305 e. The first-order valence-electron chi connectivity index (χ1n) is 5.27. The zero-order valence-corrected chi connectivity index (χ0v) is 13.6. The number of aromatic nitrogens is 2. The van der Waals surface area contributed by atoms with Gasteiger partial charge in [-0.25, -0.2) is 0 Å². The van der Waals surface area contributed by atoms with E-state index in [1.54, 1.807) is 0 Å². The molecule has 0 atom stereocenters. The first kappa shape index (κ1) is 13.5. The van der Waals surface area contributed by atoms with Crippen molar-refractivity contribution in [3.8, 4) is 0 Å². The maximum Gasteiger partial charge on any atom is 0.258 e. The molecular formula is C12H11BrIN3O. The molecule has 2 N–H and O–H groups in total. The van der Waals surface area contributed by atoms with E-state index in [2.05, 4.69) is 54.0 Å². The Kier molecular flexibility index (Phi) is 4.06. The van der Waals surface area contributed by atoms with Crippen LogP contribution in [0, 0.1) is 17.4 Å². The maximum atomic E-state index is 12.2. The number of anilines is 1. The lowest BCUT2D eigenvalue weighted by Crippen LogP contribution is -2.13. The van der Waals surface area contributed by atoms with Crippen molar-refractivity contribution >= 4 is 50.2 Å². The molecule has 0 saturated carbocycles. The molecule has 4 nitrogen and oxygen atoms in total. The zero-order valence-electron chi connectivity index (χ0n) is 9.84. The van der Waals surface area contributed by atoms with E-state index in [1.165, 1.54) is 0 Å². The smallest absolute Gasteiger partial charge is 0.258 e. The number of rotatable bonds is 2. The summed E-state index contributed by atoms with van der Waals surface area (Å²) in [7, 11) is 0. The number of carbonyl (C=O) groups excluding carboxylic acids is 1. The van der Waals surface area contributed by atoms with Crippen LogP contribution in [-0.4, -0.2) is 16.1 Å². The summed E-state index contributed by atoms with van der Waals surface area (Å²) in [5.74, 6) is 0.401. The highest BCUT2D eigenvalue weighted by molar-refractivity contribution is 14.1. The van der Waals surface area contributed by atoms with E-state index in [0.717, 1.165) is 19.3 Å². The average molecular weight is 420 g/mol. The third-order valence-electron chi connectivity index (χ3n) is 2.66. The van der Waals surface area contributed by atoms with Crippen molar-refractivity contribution in [3.05, 3.63) is 43.1 Å². The molecule has 0 aliphatic heterocycles. The van der Waals surface area contributed by atoms with Crippen LogP contribution in [0.3, 0.4) is 0 Å². The largest absolute Gasteiger partial charge is 0.305 e. The third-order valence-corrected chi connectivity index (χ3v) is 4.02. The Labute approximate surface area is 127 Å². The number of hydrogen-bond acceptors (Lipinski definition) is 2. The molecule has 1 heterocycles. The fourth-order valence-corrected chi connectivity index (χ4v) is 2.37. The first-order chi connectivity index (χ1) is 8.49. The van der Waals surface area contributed by atoms with Gasteiger partial charge in [-0.1, -0.05) is 0 Å². The SMILES string of the molecule is Cc1[nH]nc(NC(=O)c2cc(I)ccc2Br)c1C. The van der Waals surface area contributed by atoms with Crippen LogP contribution in [0.2, 0.25) is 0 Å². The predicted octanol–water partition coefficient (Wildman–Crippen LogP) is 3.65. The topological polar surface area (TPSA) is 57.8 Å². The minimum atomic E-state index is -0.171. The Morgan fingerprint density at radius 1 is 1.44 bits per heavy atom. The van der Waals surface area contributed by atoms with Gasteiger partial charge in [0.15, 0.2) is 5.82 Å². The number of amides is 1. The number of halogens is 2.